The summed E-state index contributed by atoms with van der Waals surface area (Å²) in [5.41, 5.74) is 3.89. The standard InChI is InChI=1S/C22H30OSi/c1-4-6-14-24(15-7-5-2)21-11-9-8-10-19(21)20-16-18(17(3)23)12-13-22(20)24/h8-13,16-17,23H,4-7,14-15H2,1-3H3. The van der Waals surface area contributed by atoms with Gasteiger partial charge < -0.3 is 5.11 Å². The van der Waals surface area contributed by atoms with Gasteiger partial charge in [0.25, 0.3) is 0 Å². The smallest absolute Gasteiger partial charge is 0.119 e. The van der Waals surface area contributed by atoms with Gasteiger partial charge in [-0.05, 0) is 52.1 Å². The lowest BCUT2D eigenvalue weighted by molar-refractivity contribution is 0.199. The summed E-state index contributed by atoms with van der Waals surface area (Å²) >= 11 is 0. The highest BCUT2D eigenvalue weighted by molar-refractivity contribution is 7.05. The van der Waals surface area contributed by atoms with Crippen LogP contribution in [-0.2, 0) is 0 Å². The third-order valence-corrected chi connectivity index (χ3v) is 11.0. The van der Waals surface area contributed by atoms with Crippen LogP contribution < -0.4 is 10.4 Å². The molecule has 0 saturated carbocycles. The summed E-state index contributed by atoms with van der Waals surface area (Å²) in [5.74, 6) is 0. The molecule has 1 unspecified atom stereocenters. The Morgan fingerprint density at radius 3 is 2.12 bits per heavy atom. The molecule has 3 rings (SSSR count). The topological polar surface area (TPSA) is 20.2 Å². The Labute approximate surface area is 147 Å². The number of hydrogen-bond donors (Lipinski definition) is 1. The number of rotatable bonds is 7. The Morgan fingerprint density at radius 1 is 0.875 bits per heavy atom. The van der Waals surface area contributed by atoms with E-state index in [1.165, 1.54) is 48.9 Å². The average Bonchev–Trinajstić information content (AvgIpc) is 2.88. The van der Waals surface area contributed by atoms with Gasteiger partial charge in [0.05, 0.1) is 6.10 Å². The molecule has 0 saturated heterocycles. The highest BCUT2D eigenvalue weighted by Gasteiger charge is 2.44. The first-order valence-electron chi connectivity index (χ1n) is 9.56. The third-order valence-electron chi connectivity index (χ3n) is 5.69. The summed E-state index contributed by atoms with van der Waals surface area (Å²) in [6, 6.07) is 18.6. The maximum atomic E-state index is 10.0. The van der Waals surface area contributed by atoms with E-state index in [4.69, 9.17) is 0 Å². The predicted octanol–water partition coefficient (Wildman–Crippen LogP) is 4.88. The lowest BCUT2D eigenvalue weighted by Crippen LogP contribution is -2.55. The minimum Gasteiger partial charge on any atom is -0.389 e. The normalized spacial score (nSPS) is 15.8. The van der Waals surface area contributed by atoms with Crippen LogP contribution in [0.4, 0.5) is 0 Å². The van der Waals surface area contributed by atoms with Crippen LogP contribution in [0.3, 0.4) is 0 Å². The average molecular weight is 339 g/mol. The second-order valence-electron chi connectivity index (χ2n) is 7.32. The first kappa shape index (κ1) is 17.4. The highest BCUT2D eigenvalue weighted by Crippen LogP contribution is 2.35. The van der Waals surface area contributed by atoms with E-state index in [2.05, 4.69) is 56.3 Å². The minimum atomic E-state index is -1.65. The Balaban J connectivity index is 2.19. The van der Waals surface area contributed by atoms with Crippen molar-refractivity contribution in [2.45, 2.75) is 64.6 Å². The van der Waals surface area contributed by atoms with Crippen molar-refractivity contribution in [1.82, 2.24) is 0 Å². The Bertz CT molecular complexity index is 697. The molecule has 128 valence electrons. The van der Waals surface area contributed by atoms with Crippen molar-refractivity contribution in [3.05, 3.63) is 48.0 Å². The fourth-order valence-electron chi connectivity index (χ4n) is 4.36. The van der Waals surface area contributed by atoms with Crippen LogP contribution in [0.15, 0.2) is 42.5 Å². The zero-order valence-corrected chi connectivity index (χ0v) is 16.3. The highest BCUT2D eigenvalue weighted by atomic mass is 28.3. The molecule has 0 aliphatic carbocycles. The molecule has 0 radical (unpaired) electrons. The van der Waals surface area contributed by atoms with Crippen molar-refractivity contribution in [3.8, 4) is 11.1 Å². The Morgan fingerprint density at radius 2 is 1.50 bits per heavy atom. The molecule has 0 spiro atoms. The minimum absolute atomic E-state index is 0.398. The van der Waals surface area contributed by atoms with E-state index in [0.29, 0.717) is 0 Å². The maximum absolute atomic E-state index is 10.0. The molecule has 1 N–H and O–H groups in total. The van der Waals surface area contributed by atoms with Gasteiger partial charge >= 0.3 is 0 Å². The molecular weight excluding hydrogens is 308 g/mol. The molecule has 0 fully saturated rings. The summed E-state index contributed by atoms with van der Waals surface area (Å²) in [7, 11) is -1.65. The molecule has 1 nitrogen and oxygen atoms in total. The van der Waals surface area contributed by atoms with Crippen LogP contribution in [0.25, 0.3) is 11.1 Å². The van der Waals surface area contributed by atoms with Crippen molar-refractivity contribution in [1.29, 1.82) is 0 Å². The molecule has 24 heavy (non-hydrogen) atoms. The van der Waals surface area contributed by atoms with Crippen LogP contribution in [-0.4, -0.2) is 13.2 Å². The second-order valence-corrected chi connectivity index (χ2v) is 11.6. The van der Waals surface area contributed by atoms with E-state index < -0.39 is 14.2 Å². The van der Waals surface area contributed by atoms with E-state index in [9.17, 15) is 5.11 Å². The lowest BCUT2D eigenvalue weighted by Gasteiger charge is -2.30. The zero-order valence-electron chi connectivity index (χ0n) is 15.3. The van der Waals surface area contributed by atoms with Gasteiger partial charge in [0.1, 0.15) is 8.07 Å². The summed E-state index contributed by atoms with van der Waals surface area (Å²) in [6.07, 6.45) is 4.78. The van der Waals surface area contributed by atoms with E-state index in [0.717, 1.165) is 5.56 Å². The van der Waals surface area contributed by atoms with Crippen molar-refractivity contribution < 1.29 is 5.11 Å². The van der Waals surface area contributed by atoms with Crippen LogP contribution in [0, 0.1) is 0 Å². The van der Waals surface area contributed by atoms with Gasteiger partial charge in [-0.3, -0.25) is 0 Å². The van der Waals surface area contributed by atoms with Crippen molar-refractivity contribution in [2.75, 3.05) is 0 Å². The van der Waals surface area contributed by atoms with Crippen LogP contribution in [0.2, 0.25) is 12.1 Å². The largest absolute Gasteiger partial charge is 0.389 e. The maximum Gasteiger partial charge on any atom is 0.119 e. The summed E-state index contributed by atoms with van der Waals surface area (Å²) < 4.78 is 0. The van der Waals surface area contributed by atoms with Gasteiger partial charge in [0.2, 0.25) is 0 Å². The zero-order chi connectivity index (χ0) is 17.2. The van der Waals surface area contributed by atoms with Crippen LogP contribution in [0.1, 0.15) is 58.1 Å². The van der Waals surface area contributed by atoms with Crippen LogP contribution >= 0.6 is 0 Å². The first-order valence-corrected chi connectivity index (χ1v) is 12.0. The fourth-order valence-corrected chi connectivity index (χ4v) is 10.2. The second kappa shape index (κ2) is 7.24. The summed E-state index contributed by atoms with van der Waals surface area (Å²) in [6.45, 7) is 6.47. The van der Waals surface area contributed by atoms with Gasteiger partial charge in [0, 0.05) is 0 Å². The monoisotopic (exact) mass is 338 g/mol. The van der Waals surface area contributed by atoms with Gasteiger partial charge in [-0.25, -0.2) is 0 Å². The van der Waals surface area contributed by atoms with Gasteiger partial charge in [-0.1, -0.05) is 75.9 Å². The number of aliphatic hydroxyl groups is 1. The Kier molecular flexibility index (Phi) is 5.26. The van der Waals surface area contributed by atoms with E-state index in [1.54, 1.807) is 10.4 Å². The van der Waals surface area contributed by atoms with Crippen molar-refractivity contribution in [3.63, 3.8) is 0 Å². The summed E-state index contributed by atoms with van der Waals surface area (Å²) in [5, 5.41) is 13.3. The molecule has 1 aliphatic rings. The van der Waals surface area contributed by atoms with E-state index >= 15 is 0 Å². The molecule has 0 bridgehead atoms. The quantitative estimate of drug-likeness (QED) is 0.713. The molecule has 2 aromatic carbocycles. The lowest BCUT2D eigenvalue weighted by atomic mass is 10.0. The molecule has 0 aromatic heterocycles. The van der Waals surface area contributed by atoms with Crippen molar-refractivity contribution in [2.24, 2.45) is 0 Å². The molecule has 1 aliphatic heterocycles. The Hall–Kier alpha value is -1.38. The fraction of sp³-hybridized carbons (Fsp3) is 0.455. The van der Waals surface area contributed by atoms with Gasteiger partial charge in [-0.2, -0.15) is 0 Å². The van der Waals surface area contributed by atoms with E-state index in [-0.39, 0.29) is 0 Å². The van der Waals surface area contributed by atoms with Crippen LogP contribution in [0.5, 0.6) is 0 Å². The van der Waals surface area contributed by atoms with Gasteiger partial charge in [0.15, 0.2) is 0 Å². The van der Waals surface area contributed by atoms with Crippen molar-refractivity contribution >= 4 is 18.4 Å². The number of aliphatic hydroxyl groups excluding tert-OH is 1. The van der Waals surface area contributed by atoms with Gasteiger partial charge in [-0.15, -0.1) is 0 Å². The third kappa shape index (κ3) is 2.87. The molecule has 1 atom stereocenters. The number of fused-ring (bicyclic) bond motifs is 3. The number of hydrogen-bond acceptors (Lipinski definition) is 1. The SMILES string of the molecule is CCCC[Si]1(CCCC)c2ccccc2-c2cc(C(C)O)ccc21. The predicted molar refractivity (Wildman–Crippen MR) is 107 cm³/mol. The molecule has 2 aromatic rings. The molecule has 1 heterocycles. The first-order chi connectivity index (χ1) is 11.6. The molecular formula is C22H30OSi. The number of benzene rings is 2. The number of unbranched alkanes of at least 4 members (excludes halogenated alkanes) is 2. The molecule has 0 amide bonds. The summed E-state index contributed by atoms with van der Waals surface area (Å²) in [4.78, 5) is 0. The molecule has 2 heteroatoms. The van der Waals surface area contributed by atoms with E-state index in [1.807, 2.05) is 6.92 Å².